The summed E-state index contributed by atoms with van der Waals surface area (Å²) < 4.78 is 0. The quantitative estimate of drug-likeness (QED) is 0.727. The van der Waals surface area contributed by atoms with Gasteiger partial charge in [-0.15, -0.1) is 0 Å². The molecule has 1 aliphatic rings. The molecule has 0 atom stereocenters. The second kappa shape index (κ2) is 4.87. The van der Waals surface area contributed by atoms with Crippen LogP contribution in [0.3, 0.4) is 0 Å². The number of aromatic nitrogens is 2. The van der Waals surface area contributed by atoms with Crippen LogP contribution in [0, 0.1) is 19.8 Å². The molecule has 0 aromatic carbocycles. The number of anilines is 1. The minimum absolute atomic E-state index is 0.0755. The first-order chi connectivity index (χ1) is 8.08. The summed E-state index contributed by atoms with van der Waals surface area (Å²) in [7, 11) is 0. The number of H-pyrrole nitrogens is 1. The highest BCUT2D eigenvalue weighted by atomic mass is 16.2. The summed E-state index contributed by atoms with van der Waals surface area (Å²) in [4.78, 5) is 12.0. The van der Waals surface area contributed by atoms with E-state index < -0.39 is 0 Å². The summed E-state index contributed by atoms with van der Waals surface area (Å²) in [5.74, 6) is 0.820. The summed E-state index contributed by atoms with van der Waals surface area (Å²) in [6.07, 6.45) is 3.65. The fourth-order valence-corrected chi connectivity index (χ4v) is 2.21. The normalized spacial score (nSPS) is 24.6. The van der Waals surface area contributed by atoms with Crippen LogP contribution in [-0.2, 0) is 4.79 Å². The molecular formula is C12H20N4O. The molecule has 1 aromatic heterocycles. The molecule has 1 amide bonds. The minimum Gasteiger partial charge on any atom is -0.328 e. The molecule has 2 rings (SSSR count). The first kappa shape index (κ1) is 12.1. The number of carbonyl (C=O) groups excluding carboxylic acids is 1. The van der Waals surface area contributed by atoms with E-state index >= 15 is 0 Å². The van der Waals surface area contributed by atoms with Crippen LogP contribution in [0.5, 0.6) is 0 Å². The van der Waals surface area contributed by atoms with Gasteiger partial charge in [-0.2, -0.15) is 5.10 Å². The lowest BCUT2D eigenvalue weighted by molar-refractivity contribution is -0.120. The Morgan fingerprint density at radius 1 is 1.35 bits per heavy atom. The smallest absolute Gasteiger partial charge is 0.228 e. The number of rotatable bonds is 2. The third kappa shape index (κ3) is 2.66. The first-order valence-electron chi connectivity index (χ1n) is 6.16. The van der Waals surface area contributed by atoms with Gasteiger partial charge in [0.1, 0.15) is 0 Å². The highest BCUT2D eigenvalue weighted by Crippen LogP contribution is 2.25. The number of hydrogen-bond acceptors (Lipinski definition) is 3. The molecule has 0 unspecified atom stereocenters. The molecule has 5 heteroatoms. The van der Waals surface area contributed by atoms with Crippen molar-refractivity contribution in [3.8, 4) is 0 Å². The predicted octanol–water partition coefficient (Wildman–Crippen LogP) is 1.48. The zero-order valence-corrected chi connectivity index (χ0v) is 10.4. The summed E-state index contributed by atoms with van der Waals surface area (Å²) in [6, 6.07) is 0.272. The molecule has 1 aromatic rings. The van der Waals surface area contributed by atoms with Crippen molar-refractivity contribution in [2.24, 2.45) is 11.7 Å². The van der Waals surface area contributed by atoms with Crippen molar-refractivity contribution < 1.29 is 4.79 Å². The molecule has 17 heavy (non-hydrogen) atoms. The monoisotopic (exact) mass is 236 g/mol. The molecular weight excluding hydrogens is 216 g/mol. The van der Waals surface area contributed by atoms with Crippen molar-refractivity contribution in [2.45, 2.75) is 45.6 Å². The van der Waals surface area contributed by atoms with Crippen LogP contribution in [-0.4, -0.2) is 22.1 Å². The Bertz CT molecular complexity index is 405. The van der Waals surface area contributed by atoms with Crippen LogP contribution in [0.2, 0.25) is 0 Å². The first-order valence-corrected chi connectivity index (χ1v) is 6.16. The Labute approximate surface area is 101 Å². The second-order valence-corrected chi connectivity index (χ2v) is 4.92. The van der Waals surface area contributed by atoms with E-state index in [1.807, 2.05) is 13.8 Å². The minimum atomic E-state index is 0.0755. The maximum Gasteiger partial charge on any atom is 0.228 e. The van der Waals surface area contributed by atoms with Gasteiger partial charge in [-0.25, -0.2) is 0 Å². The predicted molar refractivity (Wildman–Crippen MR) is 66.6 cm³/mol. The number of hydrogen-bond donors (Lipinski definition) is 3. The van der Waals surface area contributed by atoms with Crippen molar-refractivity contribution >= 4 is 11.7 Å². The SMILES string of the molecule is Cc1[nH]nc(NC(=O)C2CCC(N)CC2)c1C. The molecule has 0 bridgehead atoms. The maximum atomic E-state index is 12.0. The van der Waals surface area contributed by atoms with Crippen molar-refractivity contribution in [1.82, 2.24) is 10.2 Å². The molecule has 0 radical (unpaired) electrons. The molecule has 0 spiro atoms. The summed E-state index contributed by atoms with van der Waals surface area (Å²) in [5, 5.41) is 9.84. The topological polar surface area (TPSA) is 83.8 Å². The number of aromatic amines is 1. The van der Waals surface area contributed by atoms with Crippen LogP contribution >= 0.6 is 0 Å². The molecule has 1 heterocycles. The van der Waals surface area contributed by atoms with E-state index in [2.05, 4.69) is 15.5 Å². The number of nitrogens with zero attached hydrogens (tertiary/aromatic N) is 1. The van der Waals surface area contributed by atoms with Gasteiger partial charge >= 0.3 is 0 Å². The highest BCUT2D eigenvalue weighted by molar-refractivity contribution is 5.92. The van der Waals surface area contributed by atoms with Crippen LogP contribution in [0.15, 0.2) is 0 Å². The van der Waals surface area contributed by atoms with Crippen LogP contribution in [0.1, 0.15) is 36.9 Å². The third-order valence-electron chi connectivity index (χ3n) is 3.64. The Morgan fingerprint density at radius 3 is 2.53 bits per heavy atom. The molecule has 1 fully saturated rings. The van der Waals surface area contributed by atoms with Gasteiger partial charge in [0.2, 0.25) is 5.91 Å². The number of nitrogens with one attached hydrogen (secondary N) is 2. The van der Waals surface area contributed by atoms with Crippen molar-refractivity contribution in [2.75, 3.05) is 5.32 Å². The van der Waals surface area contributed by atoms with Gasteiger partial charge in [0.15, 0.2) is 5.82 Å². The lowest BCUT2D eigenvalue weighted by atomic mass is 9.86. The van der Waals surface area contributed by atoms with E-state index in [0.717, 1.165) is 36.9 Å². The molecule has 4 N–H and O–H groups in total. The Balaban J connectivity index is 1.95. The lowest BCUT2D eigenvalue weighted by Crippen LogP contribution is -2.32. The van der Waals surface area contributed by atoms with Gasteiger partial charge < -0.3 is 11.1 Å². The second-order valence-electron chi connectivity index (χ2n) is 4.92. The molecule has 0 saturated heterocycles. The van der Waals surface area contributed by atoms with Crippen LogP contribution in [0.25, 0.3) is 0 Å². The molecule has 1 saturated carbocycles. The number of amides is 1. The van der Waals surface area contributed by atoms with Crippen molar-refractivity contribution in [3.05, 3.63) is 11.3 Å². The maximum absolute atomic E-state index is 12.0. The van der Waals surface area contributed by atoms with Crippen LogP contribution < -0.4 is 11.1 Å². The van der Waals surface area contributed by atoms with Gasteiger partial charge in [-0.05, 0) is 39.5 Å². The molecule has 5 nitrogen and oxygen atoms in total. The van der Waals surface area contributed by atoms with E-state index in [4.69, 9.17) is 5.73 Å². The average Bonchev–Trinajstić information content (AvgIpc) is 2.62. The van der Waals surface area contributed by atoms with Gasteiger partial charge in [0, 0.05) is 23.2 Å². The van der Waals surface area contributed by atoms with E-state index in [0.29, 0.717) is 5.82 Å². The number of nitrogens with two attached hydrogens (primary N) is 1. The van der Waals surface area contributed by atoms with Crippen molar-refractivity contribution in [3.63, 3.8) is 0 Å². The van der Waals surface area contributed by atoms with Gasteiger partial charge in [-0.3, -0.25) is 9.89 Å². The lowest BCUT2D eigenvalue weighted by Gasteiger charge is -2.24. The van der Waals surface area contributed by atoms with E-state index in [1.165, 1.54) is 0 Å². The molecule has 0 aliphatic heterocycles. The van der Waals surface area contributed by atoms with Gasteiger partial charge in [0.05, 0.1) is 0 Å². The Hall–Kier alpha value is -1.36. The van der Waals surface area contributed by atoms with E-state index in [9.17, 15) is 4.79 Å². The fourth-order valence-electron chi connectivity index (χ4n) is 2.21. The summed E-state index contributed by atoms with van der Waals surface area (Å²) in [6.45, 7) is 3.89. The van der Waals surface area contributed by atoms with Crippen LogP contribution in [0.4, 0.5) is 5.82 Å². The summed E-state index contributed by atoms with van der Waals surface area (Å²) in [5.41, 5.74) is 7.83. The summed E-state index contributed by atoms with van der Waals surface area (Å²) >= 11 is 0. The average molecular weight is 236 g/mol. The fraction of sp³-hybridized carbons (Fsp3) is 0.667. The van der Waals surface area contributed by atoms with Gasteiger partial charge in [-0.1, -0.05) is 0 Å². The Morgan fingerprint density at radius 2 is 2.00 bits per heavy atom. The number of carbonyl (C=O) groups is 1. The molecule has 1 aliphatic carbocycles. The largest absolute Gasteiger partial charge is 0.328 e. The highest BCUT2D eigenvalue weighted by Gasteiger charge is 2.25. The molecule has 94 valence electrons. The third-order valence-corrected chi connectivity index (χ3v) is 3.64. The van der Waals surface area contributed by atoms with E-state index in [-0.39, 0.29) is 17.9 Å². The standard InChI is InChI=1S/C12H20N4O/c1-7-8(2)15-16-11(7)14-12(17)9-3-5-10(13)6-4-9/h9-10H,3-6,13H2,1-2H3,(H2,14,15,16,17). The Kier molecular flexibility index (Phi) is 3.47. The zero-order valence-electron chi connectivity index (χ0n) is 10.4. The zero-order chi connectivity index (χ0) is 12.4. The van der Waals surface area contributed by atoms with E-state index in [1.54, 1.807) is 0 Å². The van der Waals surface area contributed by atoms with Gasteiger partial charge in [0.25, 0.3) is 0 Å². The van der Waals surface area contributed by atoms with Crippen molar-refractivity contribution in [1.29, 1.82) is 0 Å². The number of aryl methyl sites for hydroxylation is 1.